The van der Waals surface area contributed by atoms with Gasteiger partial charge in [0.25, 0.3) is 0 Å². The Hall–Kier alpha value is -0.940. The van der Waals surface area contributed by atoms with Crippen LogP contribution in [0.25, 0.3) is 0 Å². The number of rotatable bonds is 4. The number of ether oxygens (including phenoxy) is 1. The smallest absolute Gasteiger partial charge is 0.341 e. The summed E-state index contributed by atoms with van der Waals surface area (Å²) in [6.07, 6.45) is 2.64. The molecule has 2 rings (SSSR count). The molecule has 88 valence electrons. The Balaban J connectivity index is 1.85. The normalized spacial score (nSPS) is 19.9. The molecule has 5 heteroatoms. The van der Waals surface area contributed by atoms with E-state index in [4.69, 9.17) is 4.42 Å². The second-order valence-electron chi connectivity index (χ2n) is 3.73. The summed E-state index contributed by atoms with van der Waals surface area (Å²) >= 11 is 1.96. The zero-order valence-electron chi connectivity index (χ0n) is 9.19. The third-order valence-corrected chi connectivity index (χ3v) is 3.73. The fraction of sp³-hybridized carbons (Fsp3) is 0.545. The summed E-state index contributed by atoms with van der Waals surface area (Å²) in [6, 6.07) is 2.29. The van der Waals surface area contributed by atoms with Crippen molar-refractivity contribution in [3.05, 3.63) is 23.7 Å². The van der Waals surface area contributed by atoms with Crippen LogP contribution in [-0.2, 0) is 11.3 Å². The van der Waals surface area contributed by atoms with Crippen LogP contribution >= 0.6 is 11.8 Å². The third kappa shape index (κ3) is 2.80. The molecule has 0 radical (unpaired) electrons. The number of methoxy groups -OCH3 is 1. The van der Waals surface area contributed by atoms with E-state index >= 15 is 0 Å². The van der Waals surface area contributed by atoms with Crippen LogP contribution in [0.2, 0.25) is 0 Å². The highest BCUT2D eigenvalue weighted by molar-refractivity contribution is 7.99. The molecule has 1 atom stereocenters. The van der Waals surface area contributed by atoms with Gasteiger partial charge in [0.15, 0.2) is 0 Å². The van der Waals surface area contributed by atoms with Gasteiger partial charge in [-0.1, -0.05) is 0 Å². The molecule has 1 aromatic heterocycles. The number of carbonyl (C=O) groups is 1. The van der Waals surface area contributed by atoms with Gasteiger partial charge in [0.2, 0.25) is 0 Å². The molecular formula is C11H15NO3S. The standard InChI is InChI=1S/C11H15NO3S/c1-14-11(13)8-4-10(15-6-8)5-12-9-2-3-16-7-9/h4,6,9,12H,2-3,5,7H2,1H3. The number of thioether (sulfide) groups is 1. The lowest BCUT2D eigenvalue weighted by Crippen LogP contribution is -2.27. The highest BCUT2D eigenvalue weighted by atomic mass is 32.2. The quantitative estimate of drug-likeness (QED) is 0.812. The van der Waals surface area contributed by atoms with E-state index in [2.05, 4.69) is 10.1 Å². The van der Waals surface area contributed by atoms with Gasteiger partial charge < -0.3 is 14.5 Å². The van der Waals surface area contributed by atoms with Crippen LogP contribution in [-0.4, -0.2) is 30.6 Å². The molecule has 16 heavy (non-hydrogen) atoms. The average molecular weight is 241 g/mol. The molecule has 1 aromatic rings. The van der Waals surface area contributed by atoms with Crippen molar-refractivity contribution in [2.75, 3.05) is 18.6 Å². The van der Waals surface area contributed by atoms with E-state index < -0.39 is 0 Å². The number of nitrogens with one attached hydrogen (secondary N) is 1. The molecule has 0 spiro atoms. The highest BCUT2D eigenvalue weighted by Crippen LogP contribution is 2.17. The van der Waals surface area contributed by atoms with Gasteiger partial charge in [0.1, 0.15) is 12.0 Å². The summed E-state index contributed by atoms with van der Waals surface area (Å²) in [5, 5.41) is 3.40. The van der Waals surface area contributed by atoms with Crippen LogP contribution in [0.15, 0.2) is 16.7 Å². The van der Waals surface area contributed by atoms with Gasteiger partial charge in [-0.05, 0) is 18.2 Å². The monoisotopic (exact) mass is 241 g/mol. The second-order valence-corrected chi connectivity index (χ2v) is 4.88. The first-order valence-corrected chi connectivity index (χ1v) is 6.42. The lowest BCUT2D eigenvalue weighted by atomic mass is 10.2. The first kappa shape index (κ1) is 11.5. The van der Waals surface area contributed by atoms with Crippen LogP contribution in [0.3, 0.4) is 0 Å². The molecule has 2 heterocycles. The molecule has 1 N–H and O–H groups in total. The van der Waals surface area contributed by atoms with Crippen molar-refractivity contribution in [3.63, 3.8) is 0 Å². The van der Waals surface area contributed by atoms with E-state index in [-0.39, 0.29) is 5.97 Å². The number of esters is 1. The summed E-state index contributed by atoms with van der Waals surface area (Å²) < 4.78 is 9.88. The van der Waals surface area contributed by atoms with Crippen LogP contribution in [0.1, 0.15) is 22.5 Å². The van der Waals surface area contributed by atoms with Gasteiger partial charge in [-0.3, -0.25) is 0 Å². The lowest BCUT2D eigenvalue weighted by molar-refractivity contribution is 0.0600. The van der Waals surface area contributed by atoms with Gasteiger partial charge in [-0.25, -0.2) is 4.79 Å². The number of furan rings is 1. The molecule has 1 aliphatic heterocycles. The zero-order valence-corrected chi connectivity index (χ0v) is 10.0. The zero-order chi connectivity index (χ0) is 11.4. The largest absolute Gasteiger partial charge is 0.467 e. The summed E-state index contributed by atoms with van der Waals surface area (Å²) in [6.45, 7) is 0.669. The van der Waals surface area contributed by atoms with Gasteiger partial charge >= 0.3 is 5.97 Å². The van der Waals surface area contributed by atoms with Crippen LogP contribution in [0.4, 0.5) is 0 Å². The molecule has 0 amide bonds. The predicted molar refractivity (Wildman–Crippen MR) is 62.6 cm³/mol. The lowest BCUT2D eigenvalue weighted by Gasteiger charge is -2.08. The minimum Gasteiger partial charge on any atom is -0.467 e. The Morgan fingerprint density at radius 2 is 2.62 bits per heavy atom. The molecule has 4 nitrogen and oxygen atoms in total. The molecular weight excluding hydrogens is 226 g/mol. The van der Waals surface area contributed by atoms with Crippen molar-refractivity contribution in [1.82, 2.24) is 5.32 Å². The average Bonchev–Trinajstić information content (AvgIpc) is 2.96. The van der Waals surface area contributed by atoms with Crippen molar-refractivity contribution < 1.29 is 13.9 Å². The fourth-order valence-corrected chi connectivity index (χ4v) is 2.83. The Morgan fingerprint density at radius 1 is 1.75 bits per heavy atom. The van der Waals surface area contributed by atoms with Gasteiger partial charge in [-0.2, -0.15) is 11.8 Å². The second kappa shape index (κ2) is 5.41. The van der Waals surface area contributed by atoms with E-state index in [0.29, 0.717) is 18.2 Å². The minimum atomic E-state index is -0.355. The molecule has 0 aliphatic carbocycles. The van der Waals surface area contributed by atoms with E-state index in [1.54, 1.807) is 6.07 Å². The maximum Gasteiger partial charge on any atom is 0.341 e. The number of hydrogen-bond donors (Lipinski definition) is 1. The Morgan fingerprint density at radius 3 is 3.31 bits per heavy atom. The third-order valence-electron chi connectivity index (χ3n) is 2.57. The Bertz CT molecular complexity index is 358. The van der Waals surface area contributed by atoms with Crippen LogP contribution < -0.4 is 5.32 Å². The summed E-state index contributed by atoms with van der Waals surface area (Å²) in [5.74, 6) is 2.80. The molecule has 1 fully saturated rings. The van der Waals surface area contributed by atoms with Crippen molar-refractivity contribution in [1.29, 1.82) is 0 Å². The number of hydrogen-bond acceptors (Lipinski definition) is 5. The van der Waals surface area contributed by atoms with E-state index in [9.17, 15) is 4.79 Å². The van der Waals surface area contributed by atoms with Crippen LogP contribution in [0, 0.1) is 0 Å². The van der Waals surface area contributed by atoms with Crippen molar-refractivity contribution in [2.45, 2.75) is 19.0 Å². The fourth-order valence-electron chi connectivity index (χ4n) is 1.64. The predicted octanol–water partition coefficient (Wildman–Crippen LogP) is 1.66. The van der Waals surface area contributed by atoms with Gasteiger partial charge in [0, 0.05) is 11.8 Å². The SMILES string of the molecule is COC(=O)c1coc(CNC2CCSC2)c1. The van der Waals surface area contributed by atoms with Crippen molar-refractivity contribution >= 4 is 17.7 Å². The van der Waals surface area contributed by atoms with E-state index in [1.807, 2.05) is 11.8 Å². The van der Waals surface area contributed by atoms with Crippen LogP contribution in [0.5, 0.6) is 0 Å². The molecule has 1 aliphatic rings. The van der Waals surface area contributed by atoms with Gasteiger partial charge in [-0.15, -0.1) is 0 Å². The van der Waals surface area contributed by atoms with Crippen molar-refractivity contribution in [2.24, 2.45) is 0 Å². The number of carbonyl (C=O) groups excluding carboxylic acids is 1. The first-order chi connectivity index (χ1) is 7.79. The summed E-state index contributed by atoms with van der Waals surface area (Å²) in [5.41, 5.74) is 0.472. The summed E-state index contributed by atoms with van der Waals surface area (Å²) in [7, 11) is 1.36. The first-order valence-electron chi connectivity index (χ1n) is 5.26. The Kier molecular flexibility index (Phi) is 3.90. The molecule has 0 aromatic carbocycles. The topological polar surface area (TPSA) is 51.5 Å². The van der Waals surface area contributed by atoms with Crippen molar-refractivity contribution in [3.8, 4) is 0 Å². The molecule has 0 saturated carbocycles. The van der Waals surface area contributed by atoms with Gasteiger partial charge in [0.05, 0.1) is 19.2 Å². The Labute approximate surface area is 98.7 Å². The maximum atomic E-state index is 11.2. The molecule has 0 bridgehead atoms. The highest BCUT2D eigenvalue weighted by Gasteiger charge is 2.16. The van der Waals surface area contributed by atoms with E-state index in [1.165, 1.54) is 25.5 Å². The summed E-state index contributed by atoms with van der Waals surface area (Å²) in [4.78, 5) is 11.2. The molecule has 1 unspecified atom stereocenters. The minimum absolute atomic E-state index is 0.355. The van der Waals surface area contributed by atoms with E-state index in [0.717, 1.165) is 11.5 Å². The molecule has 1 saturated heterocycles. The maximum absolute atomic E-state index is 11.2.